The van der Waals surface area contributed by atoms with Crippen LogP contribution in [0.2, 0.25) is 0 Å². The summed E-state index contributed by atoms with van der Waals surface area (Å²) in [6, 6.07) is 5.78. The van der Waals surface area contributed by atoms with Crippen molar-refractivity contribution >= 4 is 5.97 Å². The quantitative estimate of drug-likeness (QED) is 0.781. The first-order valence-corrected chi connectivity index (χ1v) is 9.02. The Morgan fingerprint density at radius 2 is 2.04 bits per heavy atom. The molecule has 2 aliphatic rings. The number of H-pyrrole nitrogens is 1. The third-order valence-corrected chi connectivity index (χ3v) is 5.78. The molecule has 2 aliphatic heterocycles. The zero-order valence-electron chi connectivity index (χ0n) is 14.5. The maximum atomic E-state index is 13.2. The van der Waals surface area contributed by atoms with Crippen LogP contribution in [-0.4, -0.2) is 51.8 Å². The molecule has 3 N–H and O–H groups in total. The van der Waals surface area contributed by atoms with Gasteiger partial charge in [-0.2, -0.15) is 5.10 Å². The van der Waals surface area contributed by atoms with Gasteiger partial charge in [-0.25, -0.2) is 4.39 Å². The number of aromatic amines is 1. The summed E-state index contributed by atoms with van der Waals surface area (Å²) in [4.78, 5) is 13.9. The topological polar surface area (TPSA) is 81.2 Å². The van der Waals surface area contributed by atoms with Gasteiger partial charge in [-0.1, -0.05) is 0 Å². The van der Waals surface area contributed by atoms with Crippen LogP contribution < -0.4 is 5.32 Å². The summed E-state index contributed by atoms with van der Waals surface area (Å²) in [6.07, 6.45) is 4.48. The summed E-state index contributed by atoms with van der Waals surface area (Å²) < 4.78 is 13.2. The number of halogens is 1. The zero-order chi connectivity index (χ0) is 18.1. The molecule has 1 unspecified atom stereocenters. The fraction of sp³-hybridized carbons (Fsp3) is 0.474. The number of carboxylic acid groups (broad SMARTS) is 1. The number of rotatable bonds is 4. The number of piperidine rings is 1. The molecule has 2 saturated heterocycles. The summed E-state index contributed by atoms with van der Waals surface area (Å²) in [6.45, 7) is 3.22. The van der Waals surface area contributed by atoms with E-state index in [2.05, 4.69) is 20.4 Å². The monoisotopic (exact) mass is 358 g/mol. The molecule has 2 aromatic rings. The number of carboxylic acids is 1. The summed E-state index contributed by atoms with van der Waals surface area (Å²) in [7, 11) is 0. The minimum atomic E-state index is -0.757. The highest BCUT2D eigenvalue weighted by atomic mass is 19.1. The van der Waals surface area contributed by atoms with Crippen molar-refractivity contribution in [2.75, 3.05) is 19.6 Å². The van der Waals surface area contributed by atoms with E-state index in [9.17, 15) is 14.3 Å². The Balaban J connectivity index is 1.57. The van der Waals surface area contributed by atoms with E-state index >= 15 is 0 Å². The zero-order valence-corrected chi connectivity index (χ0v) is 14.5. The second-order valence-corrected chi connectivity index (χ2v) is 7.49. The highest BCUT2D eigenvalue weighted by Gasteiger charge is 2.47. The lowest BCUT2D eigenvalue weighted by Gasteiger charge is -2.33. The van der Waals surface area contributed by atoms with Crippen molar-refractivity contribution in [1.29, 1.82) is 0 Å². The van der Waals surface area contributed by atoms with E-state index in [-0.39, 0.29) is 11.2 Å². The van der Waals surface area contributed by atoms with Crippen LogP contribution >= 0.6 is 0 Å². The van der Waals surface area contributed by atoms with Crippen LogP contribution in [0.5, 0.6) is 0 Å². The molecular formula is C19H23FN4O2. The fourth-order valence-electron chi connectivity index (χ4n) is 4.39. The number of benzene rings is 1. The molecule has 138 valence electrons. The Bertz CT molecular complexity index is 783. The van der Waals surface area contributed by atoms with Crippen molar-refractivity contribution in [3.63, 3.8) is 0 Å². The Morgan fingerprint density at radius 1 is 1.31 bits per heavy atom. The van der Waals surface area contributed by atoms with E-state index in [1.807, 2.05) is 0 Å². The van der Waals surface area contributed by atoms with Crippen LogP contribution in [0.15, 0.2) is 30.5 Å². The number of likely N-dealkylation sites (tertiary alicyclic amines) is 1. The number of hydrogen-bond acceptors (Lipinski definition) is 4. The van der Waals surface area contributed by atoms with Crippen LogP contribution in [0.4, 0.5) is 4.39 Å². The molecule has 0 aliphatic carbocycles. The minimum Gasteiger partial charge on any atom is -0.480 e. The Hall–Kier alpha value is -2.25. The molecular weight excluding hydrogens is 335 g/mol. The largest absolute Gasteiger partial charge is 0.480 e. The van der Waals surface area contributed by atoms with Crippen molar-refractivity contribution in [3.8, 4) is 11.3 Å². The standard InChI is InChI=1S/C19H23FN4O2/c20-15-3-1-13(2-4-15)17-14(10-22-23-17)11-24-12-19(5-7-21-8-6-19)9-16(24)18(25)26/h1-4,10,16,21H,5-9,11-12H2,(H,22,23)(H,25,26). The lowest BCUT2D eigenvalue weighted by Crippen LogP contribution is -2.38. The third-order valence-electron chi connectivity index (χ3n) is 5.78. The van der Waals surface area contributed by atoms with Gasteiger partial charge in [-0.3, -0.25) is 14.8 Å². The molecule has 0 bridgehead atoms. The summed E-state index contributed by atoms with van der Waals surface area (Å²) in [5, 5.41) is 20.2. The molecule has 2 fully saturated rings. The second-order valence-electron chi connectivity index (χ2n) is 7.49. The van der Waals surface area contributed by atoms with Gasteiger partial charge in [-0.05, 0) is 62.0 Å². The van der Waals surface area contributed by atoms with Gasteiger partial charge in [0.05, 0.1) is 11.9 Å². The highest BCUT2D eigenvalue weighted by molar-refractivity contribution is 5.74. The normalized spacial score (nSPS) is 22.7. The van der Waals surface area contributed by atoms with Crippen LogP contribution in [0.25, 0.3) is 11.3 Å². The summed E-state index contributed by atoms with van der Waals surface area (Å²) in [5.41, 5.74) is 2.70. The molecule has 7 heteroatoms. The van der Waals surface area contributed by atoms with Crippen molar-refractivity contribution in [3.05, 3.63) is 41.8 Å². The fourth-order valence-corrected chi connectivity index (χ4v) is 4.39. The first-order chi connectivity index (χ1) is 12.6. The van der Waals surface area contributed by atoms with Crippen molar-refractivity contribution in [1.82, 2.24) is 20.4 Å². The first kappa shape index (κ1) is 17.2. The molecule has 1 spiro atoms. The van der Waals surface area contributed by atoms with E-state index in [1.54, 1.807) is 18.3 Å². The van der Waals surface area contributed by atoms with Gasteiger partial charge in [0, 0.05) is 24.2 Å². The number of nitrogens with one attached hydrogen (secondary N) is 2. The smallest absolute Gasteiger partial charge is 0.320 e. The highest BCUT2D eigenvalue weighted by Crippen LogP contribution is 2.43. The van der Waals surface area contributed by atoms with Gasteiger partial charge in [0.2, 0.25) is 0 Å². The van der Waals surface area contributed by atoms with Crippen molar-refractivity contribution in [2.24, 2.45) is 5.41 Å². The Morgan fingerprint density at radius 3 is 2.73 bits per heavy atom. The van der Waals surface area contributed by atoms with E-state index in [4.69, 9.17) is 0 Å². The predicted molar refractivity (Wildman–Crippen MR) is 95.0 cm³/mol. The van der Waals surface area contributed by atoms with E-state index < -0.39 is 12.0 Å². The molecule has 0 amide bonds. The van der Waals surface area contributed by atoms with Crippen LogP contribution in [0.3, 0.4) is 0 Å². The maximum absolute atomic E-state index is 13.2. The number of hydrogen-bond donors (Lipinski definition) is 3. The van der Waals surface area contributed by atoms with Gasteiger partial charge in [0.15, 0.2) is 0 Å². The molecule has 0 saturated carbocycles. The number of aromatic nitrogens is 2. The Kier molecular flexibility index (Phi) is 4.50. The van der Waals surface area contributed by atoms with E-state index in [0.29, 0.717) is 13.0 Å². The third kappa shape index (κ3) is 3.24. The van der Waals surface area contributed by atoms with E-state index in [0.717, 1.165) is 49.3 Å². The maximum Gasteiger partial charge on any atom is 0.320 e. The average Bonchev–Trinajstić information content (AvgIpc) is 3.22. The lowest BCUT2D eigenvalue weighted by atomic mass is 9.77. The molecule has 3 heterocycles. The molecule has 0 radical (unpaired) electrons. The molecule has 26 heavy (non-hydrogen) atoms. The first-order valence-electron chi connectivity index (χ1n) is 9.02. The van der Waals surface area contributed by atoms with E-state index in [1.165, 1.54) is 12.1 Å². The minimum absolute atomic E-state index is 0.0914. The molecule has 1 aromatic carbocycles. The second kappa shape index (κ2) is 6.81. The Labute approximate surface area is 151 Å². The number of carbonyl (C=O) groups is 1. The number of nitrogens with zero attached hydrogens (tertiary/aromatic N) is 2. The van der Waals surface area contributed by atoms with Crippen LogP contribution in [0, 0.1) is 11.2 Å². The summed E-state index contributed by atoms with van der Waals surface area (Å²) in [5.74, 6) is -1.04. The molecule has 1 atom stereocenters. The predicted octanol–water partition coefficient (Wildman–Crippen LogP) is 2.24. The van der Waals surface area contributed by atoms with Gasteiger partial charge < -0.3 is 10.4 Å². The van der Waals surface area contributed by atoms with Gasteiger partial charge in [0.25, 0.3) is 0 Å². The lowest BCUT2D eigenvalue weighted by molar-refractivity contribution is -0.142. The van der Waals surface area contributed by atoms with Crippen molar-refractivity contribution < 1.29 is 14.3 Å². The molecule has 4 rings (SSSR count). The van der Waals surface area contributed by atoms with Crippen molar-refractivity contribution in [2.45, 2.75) is 31.8 Å². The van der Waals surface area contributed by atoms with Crippen LogP contribution in [-0.2, 0) is 11.3 Å². The average molecular weight is 358 g/mol. The van der Waals surface area contributed by atoms with Crippen LogP contribution in [0.1, 0.15) is 24.8 Å². The molecule has 1 aromatic heterocycles. The van der Waals surface area contributed by atoms with Gasteiger partial charge in [-0.15, -0.1) is 0 Å². The SMILES string of the molecule is O=C(O)C1CC2(CCNCC2)CN1Cc1cn[nH]c1-c1ccc(F)cc1. The van der Waals surface area contributed by atoms with Gasteiger partial charge in [0.1, 0.15) is 11.9 Å². The summed E-state index contributed by atoms with van der Waals surface area (Å²) >= 11 is 0. The molecule has 6 nitrogen and oxygen atoms in total. The number of aliphatic carboxylic acids is 1. The van der Waals surface area contributed by atoms with Gasteiger partial charge >= 0.3 is 5.97 Å².